The van der Waals surface area contributed by atoms with Crippen LogP contribution in [0.5, 0.6) is 0 Å². The molecule has 0 aromatic heterocycles. The monoisotopic (exact) mass is 235 g/mol. The van der Waals surface area contributed by atoms with Crippen LogP contribution in [-0.4, -0.2) is 28.3 Å². The standard InChI is InChI=1S/C8H15F2NO.Fe/c1-6(2)11(7(3)4)5-12-8(9)10;/h6-8H,1-4H3;/q;+1. The van der Waals surface area contributed by atoms with Gasteiger partial charge >= 0.3 is 85.1 Å². The quantitative estimate of drug-likeness (QED) is 0.675. The van der Waals surface area contributed by atoms with Gasteiger partial charge in [0.2, 0.25) is 0 Å². The van der Waals surface area contributed by atoms with Gasteiger partial charge in [0, 0.05) is 0 Å². The zero-order valence-electron chi connectivity index (χ0n) is 8.20. The van der Waals surface area contributed by atoms with Crippen molar-refractivity contribution in [2.75, 3.05) is 0 Å². The van der Waals surface area contributed by atoms with Crippen molar-refractivity contribution in [1.82, 2.24) is 4.90 Å². The third-order valence-corrected chi connectivity index (χ3v) is 1.91. The minimum absolute atomic E-state index is 0.0278. The third kappa shape index (κ3) is 4.81. The number of nitrogens with zero attached hydrogens (tertiary/aromatic N) is 1. The summed E-state index contributed by atoms with van der Waals surface area (Å²) in [4.78, 5) is 1.70. The number of halogens is 2. The van der Waals surface area contributed by atoms with Crippen LogP contribution in [0.25, 0.3) is 0 Å². The van der Waals surface area contributed by atoms with Crippen molar-refractivity contribution < 1.29 is 29.1 Å². The second-order valence-corrected chi connectivity index (χ2v) is 3.69. The predicted molar refractivity (Wildman–Crippen MR) is 44.2 cm³/mol. The maximum atomic E-state index is 11.9. The Morgan fingerprint density at radius 1 is 1.15 bits per heavy atom. The first-order chi connectivity index (χ1) is 5.86. The van der Waals surface area contributed by atoms with Crippen molar-refractivity contribution in [2.24, 2.45) is 0 Å². The summed E-state index contributed by atoms with van der Waals surface area (Å²) in [6.07, 6.45) is 0. The van der Waals surface area contributed by atoms with E-state index in [1.165, 1.54) is 0 Å². The van der Waals surface area contributed by atoms with Crippen molar-refractivity contribution in [1.29, 1.82) is 0 Å². The Kier molecular flexibility index (Phi) is 5.88. The Morgan fingerprint density at radius 2 is 1.54 bits per heavy atom. The van der Waals surface area contributed by atoms with E-state index in [2.05, 4.69) is 20.3 Å². The molecule has 0 aliphatic rings. The molecule has 0 radical (unpaired) electrons. The summed E-state index contributed by atoms with van der Waals surface area (Å²) in [5.74, 6) is 0. The van der Waals surface area contributed by atoms with Gasteiger partial charge in [-0.1, -0.05) is 0 Å². The molecule has 79 valence electrons. The predicted octanol–water partition coefficient (Wildman–Crippen LogP) is 1.98. The fourth-order valence-corrected chi connectivity index (χ4v) is 1.79. The molecule has 0 spiro atoms. The van der Waals surface area contributed by atoms with Gasteiger partial charge in [-0.3, -0.25) is 0 Å². The molecule has 0 aromatic rings. The van der Waals surface area contributed by atoms with E-state index in [1.807, 2.05) is 27.7 Å². The summed E-state index contributed by atoms with van der Waals surface area (Å²) < 4.78 is 28.0. The number of hydrogen-bond donors (Lipinski definition) is 0. The number of rotatable bonds is 5. The molecule has 0 rings (SSSR count). The minimum atomic E-state index is -2.80. The Hall–Kier alpha value is 0.169. The van der Waals surface area contributed by atoms with E-state index in [-0.39, 0.29) is 16.8 Å². The number of hydrogen-bond acceptors (Lipinski definition) is 2. The molecule has 0 fully saturated rings. The van der Waals surface area contributed by atoms with Crippen LogP contribution >= 0.6 is 0 Å². The zero-order chi connectivity index (χ0) is 10.6. The molecule has 13 heavy (non-hydrogen) atoms. The second-order valence-electron chi connectivity index (χ2n) is 3.22. The van der Waals surface area contributed by atoms with E-state index >= 15 is 0 Å². The van der Waals surface area contributed by atoms with Gasteiger partial charge < -0.3 is 0 Å². The molecule has 0 heterocycles. The van der Waals surface area contributed by atoms with Crippen LogP contribution in [0.15, 0.2) is 0 Å². The van der Waals surface area contributed by atoms with Crippen molar-refractivity contribution >= 4 is 4.73 Å². The normalized spacial score (nSPS) is 12.2. The zero-order valence-corrected chi connectivity index (χ0v) is 9.30. The Morgan fingerprint density at radius 3 is 1.77 bits per heavy atom. The average Bonchev–Trinajstić information content (AvgIpc) is 1.81. The summed E-state index contributed by atoms with van der Waals surface area (Å²) >= 11 is 3.46. The van der Waals surface area contributed by atoms with Gasteiger partial charge in [0.1, 0.15) is 0 Å². The Labute approximate surface area is 85.6 Å². The van der Waals surface area contributed by atoms with Crippen LogP contribution in [-0.2, 0) is 20.3 Å². The van der Waals surface area contributed by atoms with E-state index < -0.39 is 6.61 Å². The molecule has 0 atom stereocenters. The molecule has 0 saturated carbocycles. The summed E-state index contributed by atoms with van der Waals surface area (Å²) in [7, 11) is 0. The van der Waals surface area contributed by atoms with Gasteiger partial charge in [-0.25, -0.2) is 0 Å². The molecule has 2 nitrogen and oxygen atoms in total. The molecule has 5 heteroatoms. The first-order valence-electron chi connectivity index (χ1n) is 4.10. The molecule has 0 saturated heterocycles. The second kappa shape index (κ2) is 5.81. The van der Waals surface area contributed by atoms with Gasteiger partial charge in [0.15, 0.2) is 0 Å². The third-order valence-electron chi connectivity index (χ3n) is 1.49. The molecule has 0 N–H and O–H groups in total. The van der Waals surface area contributed by atoms with Gasteiger partial charge in [0.25, 0.3) is 0 Å². The van der Waals surface area contributed by atoms with Crippen LogP contribution in [0.3, 0.4) is 0 Å². The summed E-state index contributed by atoms with van der Waals surface area (Å²) in [6, 6.07) is 0.206. The topological polar surface area (TPSA) is 12.5 Å². The first kappa shape index (κ1) is 13.2. The van der Waals surface area contributed by atoms with E-state index in [1.54, 1.807) is 4.90 Å². The maximum absolute atomic E-state index is 11.9. The van der Waals surface area contributed by atoms with Crippen molar-refractivity contribution in [3.63, 3.8) is 0 Å². The van der Waals surface area contributed by atoms with Crippen LogP contribution in [0.1, 0.15) is 27.7 Å². The van der Waals surface area contributed by atoms with Gasteiger partial charge in [-0.2, -0.15) is 0 Å². The van der Waals surface area contributed by atoms with Crippen LogP contribution in [0.4, 0.5) is 8.78 Å². The van der Waals surface area contributed by atoms with E-state index in [0.717, 1.165) is 0 Å². The van der Waals surface area contributed by atoms with E-state index in [9.17, 15) is 8.78 Å². The average molecular weight is 235 g/mol. The first-order valence-corrected chi connectivity index (χ1v) is 4.65. The number of ether oxygens (including phenoxy) is 1. The van der Waals surface area contributed by atoms with Crippen molar-refractivity contribution in [3.8, 4) is 0 Å². The molecule has 0 aliphatic carbocycles. The molecule has 0 unspecified atom stereocenters. The molecule has 0 amide bonds. The molecule has 0 bridgehead atoms. The van der Waals surface area contributed by atoms with Crippen molar-refractivity contribution in [2.45, 2.75) is 46.4 Å². The number of alkyl halides is 2. The molecular formula is C8H15F2FeNO+. The van der Waals surface area contributed by atoms with Gasteiger partial charge in [-0.05, 0) is 0 Å². The fraction of sp³-hybridized carbons (Fsp3) is 0.875. The van der Waals surface area contributed by atoms with Crippen LogP contribution < -0.4 is 0 Å². The fourth-order valence-electron chi connectivity index (χ4n) is 1.12. The van der Waals surface area contributed by atoms with E-state index in [0.29, 0.717) is 0 Å². The van der Waals surface area contributed by atoms with Crippen LogP contribution in [0, 0.1) is 0 Å². The summed E-state index contributed by atoms with van der Waals surface area (Å²) in [5, 5.41) is 0. The van der Waals surface area contributed by atoms with Gasteiger partial charge in [-0.15, -0.1) is 0 Å². The molecular weight excluding hydrogens is 220 g/mol. The van der Waals surface area contributed by atoms with Gasteiger partial charge in [0.05, 0.1) is 0 Å². The Bertz CT molecular complexity index is 166. The molecule has 0 aliphatic heterocycles. The molecule has 0 aromatic carbocycles. The van der Waals surface area contributed by atoms with Crippen molar-refractivity contribution in [3.05, 3.63) is 0 Å². The SMILES string of the molecule is CC(C)N([C](=[Fe+])OC(F)F)C(C)C. The summed E-state index contributed by atoms with van der Waals surface area (Å²) in [6.45, 7) is 4.81. The Balaban J connectivity index is 4.29. The summed E-state index contributed by atoms with van der Waals surface area (Å²) in [5.41, 5.74) is 0. The van der Waals surface area contributed by atoms with E-state index in [4.69, 9.17) is 0 Å². The van der Waals surface area contributed by atoms with Crippen LogP contribution in [0.2, 0.25) is 0 Å².